The van der Waals surface area contributed by atoms with Crippen LogP contribution in [0.5, 0.6) is 0 Å². The lowest BCUT2D eigenvalue weighted by molar-refractivity contribution is 0.141. The Morgan fingerprint density at radius 1 is 1.33 bits per heavy atom. The van der Waals surface area contributed by atoms with E-state index in [2.05, 4.69) is 0 Å². The van der Waals surface area contributed by atoms with E-state index in [1.54, 1.807) is 12.1 Å². The summed E-state index contributed by atoms with van der Waals surface area (Å²) in [6, 6.07) is 2.60. The molecule has 84 valence electrons. The number of nitrogens with two attached hydrogens (primary N) is 1. The van der Waals surface area contributed by atoms with Crippen LogP contribution in [0.2, 0.25) is 15.1 Å². The maximum Gasteiger partial charge on any atom is 0.0730 e. The molecule has 0 unspecified atom stereocenters. The van der Waals surface area contributed by atoms with Crippen LogP contribution in [0, 0.1) is 0 Å². The van der Waals surface area contributed by atoms with Crippen molar-refractivity contribution in [2.45, 2.75) is 25.5 Å². The monoisotopic (exact) mass is 267 g/mol. The van der Waals surface area contributed by atoms with E-state index in [1.807, 2.05) is 6.92 Å². The van der Waals surface area contributed by atoms with Crippen LogP contribution in [0.15, 0.2) is 12.1 Å². The minimum Gasteiger partial charge on any atom is -0.391 e. The van der Waals surface area contributed by atoms with Crippen LogP contribution < -0.4 is 5.73 Å². The van der Waals surface area contributed by atoms with Gasteiger partial charge in [-0.15, -0.1) is 0 Å². The molecule has 0 aliphatic heterocycles. The summed E-state index contributed by atoms with van der Waals surface area (Å²) in [5, 5.41) is 10.8. The molecule has 5 heteroatoms. The van der Waals surface area contributed by atoms with Crippen molar-refractivity contribution < 1.29 is 5.11 Å². The number of aliphatic hydroxyl groups excluding tert-OH is 1. The van der Waals surface area contributed by atoms with Crippen LogP contribution in [0.3, 0.4) is 0 Å². The highest BCUT2D eigenvalue weighted by atomic mass is 35.5. The molecular formula is C10H12Cl3NO. The lowest BCUT2D eigenvalue weighted by Gasteiger charge is -2.19. The average Bonchev–Trinajstić information content (AvgIpc) is 2.21. The van der Waals surface area contributed by atoms with Gasteiger partial charge in [0.15, 0.2) is 0 Å². The number of hydrogen-bond donors (Lipinski definition) is 2. The molecule has 0 saturated heterocycles. The van der Waals surface area contributed by atoms with Crippen molar-refractivity contribution in [1.82, 2.24) is 0 Å². The Bertz CT molecular complexity index is 357. The first-order chi connectivity index (χ1) is 6.97. The SMILES string of the molecule is CC[C@@H](O)[C@@H](N)c1cc(Cl)cc(Cl)c1Cl. The van der Waals surface area contributed by atoms with Crippen molar-refractivity contribution in [3.05, 3.63) is 32.8 Å². The number of benzene rings is 1. The fourth-order valence-electron chi connectivity index (χ4n) is 1.28. The lowest BCUT2D eigenvalue weighted by atomic mass is 10.0. The van der Waals surface area contributed by atoms with E-state index in [9.17, 15) is 5.11 Å². The lowest BCUT2D eigenvalue weighted by Crippen LogP contribution is -2.25. The van der Waals surface area contributed by atoms with E-state index in [-0.39, 0.29) is 0 Å². The number of hydrogen-bond acceptors (Lipinski definition) is 2. The normalized spacial score (nSPS) is 15.1. The Morgan fingerprint density at radius 3 is 2.47 bits per heavy atom. The zero-order chi connectivity index (χ0) is 11.6. The first-order valence-corrected chi connectivity index (χ1v) is 5.68. The summed E-state index contributed by atoms with van der Waals surface area (Å²) in [7, 11) is 0. The zero-order valence-electron chi connectivity index (χ0n) is 8.17. The third-order valence-electron chi connectivity index (χ3n) is 2.21. The van der Waals surface area contributed by atoms with Crippen LogP contribution in [-0.4, -0.2) is 11.2 Å². The number of rotatable bonds is 3. The maximum absolute atomic E-state index is 9.62. The summed E-state index contributed by atoms with van der Waals surface area (Å²) in [5.41, 5.74) is 6.41. The molecule has 0 saturated carbocycles. The third kappa shape index (κ3) is 2.99. The Hall–Kier alpha value is 0.01000. The van der Waals surface area contributed by atoms with Gasteiger partial charge in [0.1, 0.15) is 0 Å². The van der Waals surface area contributed by atoms with Gasteiger partial charge in [-0.1, -0.05) is 41.7 Å². The smallest absolute Gasteiger partial charge is 0.0730 e. The largest absolute Gasteiger partial charge is 0.391 e. The van der Waals surface area contributed by atoms with Crippen molar-refractivity contribution in [2.75, 3.05) is 0 Å². The molecule has 0 fully saturated rings. The molecule has 1 rings (SSSR count). The average molecular weight is 269 g/mol. The van der Waals surface area contributed by atoms with E-state index in [0.29, 0.717) is 27.1 Å². The van der Waals surface area contributed by atoms with E-state index < -0.39 is 12.1 Å². The summed E-state index contributed by atoms with van der Waals surface area (Å²) >= 11 is 17.7. The van der Waals surface area contributed by atoms with Gasteiger partial charge in [0.2, 0.25) is 0 Å². The summed E-state index contributed by atoms with van der Waals surface area (Å²) in [6.07, 6.45) is -0.112. The van der Waals surface area contributed by atoms with Crippen molar-refractivity contribution in [1.29, 1.82) is 0 Å². The van der Waals surface area contributed by atoms with Gasteiger partial charge >= 0.3 is 0 Å². The van der Waals surface area contributed by atoms with Crippen molar-refractivity contribution >= 4 is 34.8 Å². The number of aliphatic hydroxyl groups is 1. The van der Waals surface area contributed by atoms with Gasteiger partial charge in [-0.3, -0.25) is 0 Å². The fourth-order valence-corrected chi connectivity index (χ4v) is 2.02. The van der Waals surface area contributed by atoms with E-state index in [0.717, 1.165) is 0 Å². The highest BCUT2D eigenvalue weighted by molar-refractivity contribution is 6.43. The molecule has 0 spiro atoms. The fraction of sp³-hybridized carbons (Fsp3) is 0.400. The van der Waals surface area contributed by atoms with Crippen LogP contribution in [0.1, 0.15) is 24.9 Å². The third-order valence-corrected chi connectivity index (χ3v) is 3.25. The molecule has 15 heavy (non-hydrogen) atoms. The molecule has 0 aliphatic carbocycles. The van der Waals surface area contributed by atoms with Gasteiger partial charge in [-0.05, 0) is 24.1 Å². The molecule has 0 heterocycles. The summed E-state index contributed by atoms with van der Waals surface area (Å²) in [5.74, 6) is 0. The first-order valence-electron chi connectivity index (χ1n) is 4.55. The Labute approximate surface area is 104 Å². The predicted octanol–water partition coefficient (Wildman–Crippen LogP) is 3.42. The summed E-state index contributed by atoms with van der Waals surface area (Å²) < 4.78 is 0. The molecule has 3 N–H and O–H groups in total. The second-order valence-electron chi connectivity index (χ2n) is 3.29. The second-order valence-corrected chi connectivity index (χ2v) is 4.51. The molecule has 0 amide bonds. The highest BCUT2D eigenvalue weighted by Crippen LogP contribution is 2.33. The van der Waals surface area contributed by atoms with Crippen molar-refractivity contribution in [3.63, 3.8) is 0 Å². The van der Waals surface area contributed by atoms with Crippen LogP contribution in [-0.2, 0) is 0 Å². The minimum atomic E-state index is -0.656. The van der Waals surface area contributed by atoms with Crippen molar-refractivity contribution in [3.8, 4) is 0 Å². The molecule has 0 radical (unpaired) electrons. The molecule has 2 nitrogen and oxygen atoms in total. The van der Waals surface area contributed by atoms with E-state index in [4.69, 9.17) is 40.5 Å². The highest BCUT2D eigenvalue weighted by Gasteiger charge is 2.19. The predicted molar refractivity (Wildman–Crippen MR) is 64.7 cm³/mol. The van der Waals surface area contributed by atoms with Gasteiger partial charge in [-0.2, -0.15) is 0 Å². The Balaban J connectivity index is 3.13. The topological polar surface area (TPSA) is 46.2 Å². The molecular weight excluding hydrogens is 256 g/mol. The molecule has 2 atom stereocenters. The van der Waals surface area contributed by atoms with Gasteiger partial charge < -0.3 is 10.8 Å². The van der Waals surface area contributed by atoms with E-state index in [1.165, 1.54) is 0 Å². The minimum absolute atomic E-state index is 0.345. The van der Waals surface area contributed by atoms with Crippen LogP contribution >= 0.6 is 34.8 Å². The summed E-state index contributed by atoms with van der Waals surface area (Å²) in [6.45, 7) is 1.84. The van der Waals surface area contributed by atoms with Gasteiger partial charge in [-0.25, -0.2) is 0 Å². The van der Waals surface area contributed by atoms with Crippen LogP contribution in [0.4, 0.5) is 0 Å². The van der Waals surface area contributed by atoms with Crippen LogP contribution in [0.25, 0.3) is 0 Å². The second kappa shape index (κ2) is 5.37. The molecule has 0 aromatic heterocycles. The summed E-state index contributed by atoms with van der Waals surface area (Å²) in [4.78, 5) is 0. The zero-order valence-corrected chi connectivity index (χ0v) is 10.4. The number of halogens is 3. The van der Waals surface area contributed by atoms with Crippen molar-refractivity contribution in [2.24, 2.45) is 5.73 Å². The molecule has 1 aromatic rings. The van der Waals surface area contributed by atoms with Gasteiger partial charge in [0, 0.05) is 5.02 Å². The maximum atomic E-state index is 9.62. The first kappa shape index (κ1) is 13.1. The van der Waals surface area contributed by atoms with E-state index >= 15 is 0 Å². The molecule has 0 bridgehead atoms. The Kier molecular flexibility index (Phi) is 4.68. The Morgan fingerprint density at radius 2 is 1.93 bits per heavy atom. The van der Waals surface area contributed by atoms with Gasteiger partial charge in [0.25, 0.3) is 0 Å². The molecule has 0 aliphatic rings. The standard InChI is InChI=1S/C10H12Cl3NO/c1-2-8(15)10(14)6-3-5(11)4-7(12)9(6)13/h3-4,8,10,15H,2,14H2,1H3/t8-,10+/m1/s1. The molecule has 1 aromatic carbocycles. The quantitative estimate of drug-likeness (QED) is 0.825. The van der Waals surface area contributed by atoms with Gasteiger partial charge in [0.05, 0.1) is 22.2 Å².